The first-order valence-corrected chi connectivity index (χ1v) is 11.7. The van der Waals surface area contributed by atoms with Crippen LogP contribution < -0.4 is 10.1 Å². The van der Waals surface area contributed by atoms with E-state index < -0.39 is 5.97 Å². The van der Waals surface area contributed by atoms with Crippen LogP contribution in [0.1, 0.15) is 12.8 Å². The summed E-state index contributed by atoms with van der Waals surface area (Å²) in [4.78, 5) is 21.2. The number of hydrogen-bond acceptors (Lipinski definition) is 6. The molecule has 1 aliphatic rings. The van der Waals surface area contributed by atoms with Gasteiger partial charge in [0.2, 0.25) is 0 Å². The summed E-state index contributed by atoms with van der Waals surface area (Å²) in [6.07, 6.45) is 5.05. The minimum atomic E-state index is -0.693. The summed E-state index contributed by atoms with van der Waals surface area (Å²) < 4.78 is 5.92. The Morgan fingerprint density at radius 2 is 1.76 bits per heavy atom. The van der Waals surface area contributed by atoms with Crippen molar-refractivity contribution in [3.8, 4) is 33.2 Å². The van der Waals surface area contributed by atoms with Crippen LogP contribution >= 0.6 is 11.3 Å². The van der Waals surface area contributed by atoms with Gasteiger partial charge in [0.15, 0.2) is 5.13 Å². The Balaban J connectivity index is 1.36. The van der Waals surface area contributed by atoms with Gasteiger partial charge in [0.25, 0.3) is 0 Å². The number of pyridine rings is 1. The number of ether oxygens (including phenoxy) is 1. The van der Waals surface area contributed by atoms with Crippen molar-refractivity contribution in [1.29, 1.82) is 0 Å². The van der Waals surface area contributed by atoms with Gasteiger partial charge in [-0.25, -0.2) is 4.98 Å². The Bertz CT molecular complexity index is 1220. The molecule has 2 aromatic heterocycles. The van der Waals surface area contributed by atoms with E-state index in [-0.39, 0.29) is 5.92 Å². The first-order valence-electron chi connectivity index (χ1n) is 10.9. The molecule has 0 saturated heterocycles. The van der Waals surface area contributed by atoms with Crippen molar-refractivity contribution in [2.24, 2.45) is 11.8 Å². The van der Waals surface area contributed by atoms with Crippen molar-refractivity contribution < 1.29 is 14.6 Å². The van der Waals surface area contributed by atoms with E-state index in [4.69, 9.17) is 14.8 Å². The molecule has 1 saturated carbocycles. The second-order valence-electron chi connectivity index (χ2n) is 8.13. The van der Waals surface area contributed by atoms with Crippen LogP contribution in [-0.4, -0.2) is 27.6 Å². The fourth-order valence-electron chi connectivity index (χ4n) is 3.93. The first-order chi connectivity index (χ1) is 16.2. The number of nitrogens with one attached hydrogen (secondary N) is 1. The van der Waals surface area contributed by atoms with E-state index in [0.717, 1.165) is 57.7 Å². The molecular formula is C26H23N3O3S. The number of rotatable bonds is 8. The Hall–Kier alpha value is -3.71. The summed E-state index contributed by atoms with van der Waals surface area (Å²) in [6, 6.07) is 21.6. The molecule has 0 atom stereocenters. The zero-order valence-electron chi connectivity index (χ0n) is 17.8. The summed E-state index contributed by atoms with van der Waals surface area (Å²) in [7, 11) is 0. The minimum absolute atomic E-state index is 0.203. The molecule has 4 aromatic rings. The molecule has 5 rings (SSSR count). The van der Waals surface area contributed by atoms with Gasteiger partial charge in [-0.05, 0) is 61.2 Å². The molecule has 0 radical (unpaired) electrons. The third kappa shape index (κ3) is 4.88. The predicted octanol–water partition coefficient (Wildman–Crippen LogP) is 6.19. The molecule has 1 aliphatic carbocycles. The molecule has 2 aromatic carbocycles. The van der Waals surface area contributed by atoms with Crippen molar-refractivity contribution >= 4 is 22.4 Å². The van der Waals surface area contributed by atoms with Gasteiger partial charge in [-0.1, -0.05) is 35.6 Å². The molecule has 0 amide bonds. The van der Waals surface area contributed by atoms with Crippen molar-refractivity contribution in [3.05, 3.63) is 79.1 Å². The lowest BCUT2D eigenvalue weighted by molar-refractivity contribution is -0.146. The van der Waals surface area contributed by atoms with Gasteiger partial charge in [0, 0.05) is 30.1 Å². The number of benzene rings is 2. The van der Waals surface area contributed by atoms with E-state index in [1.165, 1.54) is 0 Å². The van der Waals surface area contributed by atoms with Crippen molar-refractivity contribution in [1.82, 2.24) is 9.97 Å². The quantitative estimate of drug-likeness (QED) is 0.328. The Morgan fingerprint density at radius 3 is 2.45 bits per heavy atom. The fraction of sp³-hybridized carbons (Fsp3) is 0.192. The fourth-order valence-corrected chi connectivity index (χ4v) is 4.91. The number of nitrogens with zero attached hydrogens (tertiary/aromatic N) is 2. The monoisotopic (exact) mass is 457 g/mol. The van der Waals surface area contributed by atoms with Crippen LogP contribution in [0.5, 0.6) is 11.5 Å². The maximum absolute atomic E-state index is 11.0. The van der Waals surface area contributed by atoms with Gasteiger partial charge in [-0.2, -0.15) is 0 Å². The average Bonchev–Trinajstić information content (AvgIpc) is 3.24. The third-order valence-electron chi connectivity index (χ3n) is 5.78. The molecule has 0 unspecified atom stereocenters. The van der Waals surface area contributed by atoms with E-state index >= 15 is 0 Å². The highest BCUT2D eigenvalue weighted by atomic mass is 32.1. The van der Waals surface area contributed by atoms with E-state index in [2.05, 4.69) is 10.3 Å². The third-order valence-corrected chi connectivity index (χ3v) is 6.85. The normalized spacial score (nSPS) is 17.2. The lowest BCUT2D eigenvalue weighted by Gasteiger charge is -2.32. The van der Waals surface area contributed by atoms with Gasteiger partial charge >= 0.3 is 5.97 Å². The summed E-state index contributed by atoms with van der Waals surface area (Å²) in [6.45, 7) is 0.729. The summed E-state index contributed by atoms with van der Waals surface area (Å²) in [5, 5.41) is 13.3. The van der Waals surface area contributed by atoms with Crippen LogP contribution in [0.15, 0.2) is 79.1 Å². The number of aliphatic carboxylic acids is 1. The standard InChI is InChI=1S/C26H23N3O3S/c30-25(31)20-13-17(14-20)15-28-26-29-23(24(33-26)19-5-4-12-27-16-19)18-8-10-22(11-9-18)32-21-6-2-1-3-7-21/h1-12,16-17,20H,13-15H2,(H,28,29)(H,30,31). The zero-order valence-corrected chi connectivity index (χ0v) is 18.7. The van der Waals surface area contributed by atoms with E-state index in [0.29, 0.717) is 5.92 Å². The lowest BCUT2D eigenvalue weighted by atomic mass is 9.75. The van der Waals surface area contributed by atoms with Crippen LogP contribution in [0.3, 0.4) is 0 Å². The van der Waals surface area contributed by atoms with Crippen LogP contribution in [-0.2, 0) is 4.79 Å². The maximum atomic E-state index is 11.0. The second-order valence-corrected chi connectivity index (χ2v) is 9.13. The largest absolute Gasteiger partial charge is 0.481 e. The molecular weight excluding hydrogens is 434 g/mol. The van der Waals surface area contributed by atoms with Gasteiger partial charge in [0.1, 0.15) is 11.5 Å². The van der Waals surface area contributed by atoms with Crippen molar-refractivity contribution in [3.63, 3.8) is 0 Å². The van der Waals surface area contributed by atoms with Crippen LogP contribution in [0, 0.1) is 11.8 Å². The van der Waals surface area contributed by atoms with Crippen molar-refractivity contribution in [2.75, 3.05) is 11.9 Å². The smallest absolute Gasteiger partial charge is 0.306 e. The molecule has 33 heavy (non-hydrogen) atoms. The molecule has 1 fully saturated rings. The van der Waals surface area contributed by atoms with Crippen molar-refractivity contribution in [2.45, 2.75) is 12.8 Å². The summed E-state index contributed by atoms with van der Waals surface area (Å²) in [5.41, 5.74) is 2.89. The predicted molar refractivity (Wildman–Crippen MR) is 130 cm³/mol. The molecule has 7 heteroatoms. The van der Waals surface area contributed by atoms with Gasteiger partial charge < -0.3 is 15.2 Å². The maximum Gasteiger partial charge on any atom is 0.306 e. The molecule has 2 N–H and O–H groups in total. The summed E-state index contributed by atoms with van der Waals surface area (Å²) in [5.74, 6) is 1.03. The van der Waals surface area contributed by atoms with Gasteiger partial charge in [-0.15, -0.1) is 0 Å². The summed E-state index contributed by atoms with van der Waals surface area (Å²) >= 11 is 1.59. The van der Waals surface area contributed by atoms with E-state index in [1.54, 1.807) is 17.5 Å². The SMILES string of the molecule is O=C(O)C1CC(CNc2nc(-c3ccc(Oc4ccccc4)cc3)c(-c3cccnc3)s2)C1. The molecule has 0 bridgehead atoms. The first kappa shape index (κ1) is 21.2. The molecule has 6 nitrogen and oxygen atoms in total. The number of carboxylic acids is 1. The zero-order chi connectivity index (χ0) is 22.6. The Kier molecular flexibility index (Phi) is 6.04. The highest BCUT2D eigenvalue weighted by molar-refractivity contribution is 7.19. The highest BCUT2D eigenvalue weighted by Gasteiger charge is 2.34. The topological polar surface area (TPSA) is 84.3 Å². The van der Waals surface area contributed by atoms with Crippen LogP contribution in [0.4, 0.5) is 5.13 Å². The lowest BCUT2D eigenvalue weighted by Crippen LogP contribution is -2.34. The van der Waals surface area contributed by atoms with E-state index in [9.17, 15) is 4.79 Å². The van der Waals surface area contributed by atoms with Gasteiger partial charge in [0.05, 0.1) is 16.5 Å². The average molecular weight is 458 g/mol. The number of hydrogen-bond donors (Lipinski definition) is 2. The number of anilines is 1. The minimum Gasteiger partial charge on any atom is -0.481 e. The number of thiazole rings is 1. The van der Waals surface area contributed by atoms with Crippen LogP contribution in [0.25, 0.3) is 21.7 Å². The molecule has 0 spiro atoms. The highest BCUT2D eigenvalue weighted by Crippen LogP contribution is 2.40. The Labute approximate surface area is 195 Å². The molecule has 2 heterocycles. The number of para-hydroxylation sites is 1. The van der Waals surface area contributed by atoms with E-state index in [1.807, 2.05) is 72.9 Å². The number of aromatic nitrogens is 2. The van der Waals surface area contributed by atoms with Crippen LogP contribution in [0.2, 0.25) is 0 Å². The number of carboxylic acid groups (broad SMARTS) is 1. The second kappa shape index (κ2) is 9.42. The number of carbonyl (C=O) groups is 1. The van der Waals surface area contributed by atoms with Gasteiger partial charge in [-0.3, -0.25) is 9.78 Å². The Morgan fingerprint density at radius 1 is 1.00 bits per heavy atom. The molecule has 166 valence electrons. The molecule has 0 aliphatic heterocycles.